The van der Waals surface area contributed by atoms with E-state index in [-0.39, 0.29) is 5.78 Å². The second-order valence-electron chi connectivity index (χ2n) is 5.86. The van der Waals surface area contributed by atoms with Crippen molar-refractivity contribution in [2.24, 2.45) is 0 Å². The highest BCUT2D eigenvalue weighted by molar-refractivity contribution is 5.94. The van der Waals surface area contributed by atoms with Crippen molar-refractivity contribution in [3.8, 4) is 11.4 Å². The molecular weight excluding hydrogens is 328 g/mol. The Labute approximate surface area is 149 Å². The van der Waals surface area contributed by atoms with Gasteiger partial charge >= 0.3 is 0 Å². The van der Waals surface area contributed by atoms with Crippen molar-refractivity contribution >= 4 is 23.2 Å². The van der Waals surface area contributed by atoms with E-state index in [4.69, 9.17) is 0 Å². The summed E-state index contributed by atoms with van der Waals surface area (Å²) in [7, 11) is 0. The van der Waals surface area contributed by atoms with Gasteiger partial charge in [-0.25, -0.2) is 19.9 Å². The predicted molar refractivity (Wildman–Crippen MR) is 98.5 cm³/mol. The molecular formula is C19H16N6O. The largest absolute Gasteiger partial charge is 0.324 e. The zero-order chi connectivity index (χ0) is 18.1. The number of fused-ring (bicyclic) bond motifs is 1. The molecule has 3 heterocycles. The van der Waals surface area contributed by atoms with Gasteiger partial charge < -0.3 is 5.32 Å². The summed E-state index contributed by atoms with van der Waals surface area (Å²) in [5.41, 5.74) is 3.95. The maximum absolute atomic E-state index is 11.4. The number of ketones is 1. The van der Waals surface area contributed by atoms with Crippen LogP contribution in [0.2, 0.25) is 0 Å². The number of aryl methyl sites for hydroxylation is 1. The van der Waals surface area contributed by atoms with Crippen molar-refractivity contribution in [2.45, 2.75) is 13.8 Å². The van der Waals surface area contributed by atoms with Gasteiger partial charge in [0.15, 0.2) is 5.78 Å². The topological polar surface area (TPSA) is 85.1 Å². The van der Waals surface area contributed by atoms with Gasteiger partial charge in [0.1, 0.15) is 0 Å². The molecule has 0 saturated heterocycles. The van der Waals surface area contributed by atoms with Crippen molar-refractivity contribution in [1.29, 1.82) is 0 Å². The molecule has 7 nitrogen and oxygen atoms in total. The van der Waals surface area contributed by atoms with Crippen LogP contribution in [0.15, 0.2) is 55.0 Å². The van der Waals surface area contributed by atoms with Gasteiger partial charge in [-0.15, -0.1) is 0 Å². The quantitative estimate of drug-likeness (QED) is 0.571. The molecule has 0 bridgehead atoms. The third kappa shape index (κ3) is 2.90. The van der Waals surface area contributed by atoms with Gasteiger partial charge in [-0.1, -0.05) is 0 Å². The van der Waals surface area contributed by atoms with Crippen LogP contribution in [0.3, 0.4) is 0 Å². The van der Waals surface area contributed by atoms with Crippen LogP contribution in [0, 0.1) is 6.92 Å². The van der Waals surface area contributed by atoms with Crippen molar-refractivity contribution in [3.63, 3.8) is 0 Å². The fraction of sp³-hybridized carbons (Fsp3) is 0.105. The summed E-state index contributed by atoms with van der Waals surface area (Å²) in [6.45, 7) is 3.47. The monoisotopic (exact) mass is 344 g/mol. The van der Waals surface area contributed by atoms with Crippen LogP contribution in [0.1, 0.15) is 23.0 Å². The van der Waals surface area contributed by atoms with Gasteiger partial charge in [-0.05, 0) is 50.2 Å². The predicted octanol–water partition coefficient (Wildman–Crippen LogP) is 3.44. The third-order valence-corrected chi connectivity index (χ3v) is 4.02. The van der Waals surface area contributed by atoms with Crippen LogP contribution >= 0.6 is 0 Å². The zero-order valence-electron chi connectivity index (χ0n) is 14.3. The van der Waals surface area contributed by atoms with Crippen molar-refractivity contribution < 1.29 is 4.79 Å². The first-order chi connectivity index (χ1) is 12.6. The maximum Gasteiger partial charge on any atom is 0.234 e. The number of nitrogens with zero attached hydrogens (tertiary/aromatic N) is 5. The Bertz CT molecular complexity index is 1100. The van der Waals surface area contributed by atoms with Gasteiger partial charge in [-0.2, -0.15) is 0 Å². The van der Waals surface area contributed by atoms with Crippen molar-refractivity contribution in [2.75, 3.05) is 5.32 Å². The van der Waals surface area contributed by atoms with Crippen molar-refractivity contribution in [3.05, 3.63) is 66.2 Å². The average Bonchev–Trinajstić information content (AvgIpc) is 2.98. The number of benzene rings is 1. The number of imidazole rings is 1. The normalized spacial score (nSPS) is 10.8. The molecule has 26 heavy (non-hydrogen) atoms. The van der Waals surface area contributed by atoms with E-state index >= 15 is 0 Å². The molecule has 1 N–H and O–H groups in total. The number of rotatable bonds is 4. The van der Waals surface area contributed by atoms with Crippen LogP contribution in [0.4, 0.5) is 11.6 Å². The lowest BCUT2D eigenvalue weighted by molar-refractivity contribution is 0.101. The van der Waals surface area contributed by atoms with E-state index in [2.05, 4.69) is 25.3 Å². The second-order valence-corrected chi connectivity index (χ2v) is 5.86. The van der Waals surface area contributed by atoms with E-state index in [1.807, 2.05) is 41.8 Å². The van der Waals surface area contributed by atoms with Crippen molar-refractivity contribution in [1.82, 2.24) is 24.3 Å². The lowest BCUT2D eigenvalue weighted by atomic mass is 10.1. The van der Waals surface area contributed by atoms with Crippen LogP contribution in [0.5, 0.6) is 0 Å². The SMILES string of the molecule is CC(=O)c1ccc(Nc2nccc(-c3c(C)nc4ncccn34)n2)cc1. The molecule has 0 unspecified atom stereocenters. The highest BCUT2D eigenvalue weighted by Gasteiger charge is 2.13. The second kappa shape index (κ2) is 6.36. The number of hydrogen-bond acceptors (Lipinski definition) is 6. The Balaban J connectivity index is 1.68. The fourth-order valence-electron chi connectivity index (χ4n) is 2.77. The highest BCUT2D eigenvalue weighted by Crippen LogP contribution is 2.23. The minimum atomic E-state index is 0.0338. The molecule has 4 rings (SSSR count). The highest BCUT2D eigenvalue weighted by atomic mass is 16.1. The summed E-state index contributed by atoms with van der Waals surface area (Å²) in [6.07, 6.45) is 5.32. The zero-order valence-corrected chi connectivity index (χ0v) is 14.3. The van der Waals surface area contributed by atoms with Crippen LogP contribution in [-0.4, -0.2) is 30.1 Å². The Morgan fingerprint density at radius 2 is 1.85 bits per heavy atom. The number of carbonyl (C=O) groups is 1. The molecule has 0 aliphatic carbocycles. The van der Waals surface area contributed by atoms with Crippen LogP contribution in [0.25, 0.3) is 17.2 Å². The molecule has 0 radical (unpaired) electrons. The molecule has 4 aromatic rings. The molecule has 1 aromatic carbocycles. The maximum atomic E-state index is 11.4. The van der Waals surface area contributed by atoms with E-state index in [9.17, 15) is 4.79 Å². The molecule has 0 aliphatic rings. The summed E-state index contributed by atoms with van der Waals surface area (Å²) in [5.74, 6) is 1.13. The minimum Gasteiger partial charge on any atom is -0.324 e. The molecule has 3 aromatic heterocycles. The Kier molecular flexibility index (Phi) is 3.89. The molecule has 0 atom stereocenters. The number of carbonyl (C=O) groups excluding carboxylic acids is 1. The molecule has 0 aliphatic heterocycles. The van der Waals surface area contributed by atoms with Gasteiger partial charge in [0.25, 0.3) is 0 Å². The molecule has 0 fully saturated rings. The summed E-state index contributed by atoms with van der Waals surface area (Å²) >= 11 is 0. The summed E-state index contributed by atoms with van der Waals surface area (Å²) in [5, 5.41) is 3.16. The first kappa shape index (κ1) is 15.9. The molecule has 128 valence electrons. The Morgan fingerprint density at radius 3 is 2.62 bits per heavy atom. The molecule has 0 amide bonds. The number of Topliss-reactive ketones (excluding diaryl/α,β-unsaturated/α-hetero) is 1. The lowest BCUT2D eigenvalue weighted by Gasteiger charge is -2.07. The minimum absolute atomic E-state index is 0.0338. The van der Waals surface area contributed by atoms with Crippen LogP contribution < -0.4 is 5.32 Å². The van der Waals surface area contributed by atoms with E-state index in [0.717, 1.165) is 22.8 Å². The average molecular weight is 344 g/mol. The van der Waals surface area contributed by atoms with E-state index in [1.54, 1.807) is 31.5 Å². The number of aromatic nitrogens is 5. The Hall–Kier alpha value is -3.61. The van der Waals surface area contributed by atoms with Gasteiger partial charge in [0.05, 0.1) is 17.1 Å². The molecule has 0 spiro atoms. The standard InChI is InChI=1S/C19H16N6O/c1-12-17(25-11-3-9-21-19(25)22-12)16-8-10-20-18(24-16)23-15-6-4-14(5-7-15)13(2)26/h3-11H,1-2H3,(H,20,23,24). The van der Waals surface area contributed by atoms with Gasteiger partial charge in [0.2, 0.25) is 11.7 Å². The summed E-state index contributed by atoms with van der Waals surface area (Å²) < 4.78 is 1.91. The number of anilines is 2. The molecule has 7 heteroatoms. The number of nitrogens with one attached hydrogen (secondary N) is 1. The first-order valence-corrected chi connectivity index (χ1v) is 8.13. The third-order valence-electron chi connectivity index (χ3n) is 4.02. The van der Waals surface area contributed by atoms with E-state index in [1.165, 1.54) is 0 Å². The van der Waals surface area contributed by atoms with E-state index in [0.29, 0.717) is 17.3 Å². The fourth-order valence-corrected chi connectivity index (χ4v) is 2.77. The summed E-state index contributed by atoms with van der Waals surface area (Å²) in [4.78, 5) is 29.0. The summed E-state index contributed by atoms with van der Waals surface area (Å²) in [6, 6.07) is 10.9. The van der Waals surface area contributed by atoms with Gasteiger partial charge in [0, 0.05) is 29.8 Å². The molecule has 0 saturated carbocycles. The first-order valence-electron chi connectivity index (χ1n) is 8.13. The number of hydrogen-bond donors (Lipinski definition) is 1. The van der Waals surface area contributed by atoms with Gasteiger partial charge in [-0.3, -0.25) is 9.20 Å². The smallest absolute Gasteiger partial charge is 0.234 e. The Morgan fingerprint density at radius 1 is 1.04 bits per heavy atom. The lowest BCUT2D eigenvalue weighted by Crippen LogP contribution is -2.00. The van der Waals surface area contributed by atoms with E-state index < -0.39 is 0 Å². The van der Waals surface area contributed by atoms with Crippen LogP contribution in [-0.2, 0) is 0 Å².